The zero-order chi connectivity index (χ0) is 22.8. The molecule has 164 valence electrons. The number of aliphatic hydroxyl groups is 1. The lowest BCUT2D eigenvalue weighted by atomic mass is 10.1. The average molecular weight is 430 g/mol. The van der Waals surface area contributed by atoms with Crippen LogP contribution in [0.4, 0.5) is 17.1 Å². The van der Waals surface area contributed by atoms with Crippen molar-refractivity contribution < 1.29 is 19.4 Å². The zero-order valence-electron chi connectivity index (χ0n) is 17.9. The van der Waals surface area contributed by atoms with Gasteiger partial charge in [-0.05, 0) is 73.9 Å². The third-order valence-electron chi connectivity index (χ3n) is 4.99. The van der Waals surface area contributed by atoms with Gasteiger partial charge in [0.25, 0.3) is 0 Å². The van der Waals surface area contributed by atoms with Gasteiger partial charge in [0.15, 0.2) is 5.78 Å². The number of nitrogens with zero attached hydrogens (tertiary/aromatic N) is 1. The second kappa shape index (κ2) is 11.6. The number of hydrogen-bond donors (Lipinski definition) is 1. The number of esters is 1. The summed E-state index contributed by atoms with van der Waals surface area (Å²) in [5, 5.41) is 9.61. The molecule has 32 heavy (non-hydrogen) atoms. The quantitative estimate of drug-likeness (QED) is 0.182. The molecule has 0 aliphatic carbocycles. The fraction of sp³-hybridized carbons (Fsp3) is 0.185. The minimum Gasteiger partial charge on any atom is -0.427 e. The minimum atomic E-state index is -1.05. The number of anilines is 3. The van der Waals surface area contributed by atoms with E-state index in [0.29, 0.717) is 25.0 Å². The van der Waals surface area contributed by atoms with E-state index >= 15 is 0 Å². The molecule has 0 heterocycles. The molecule has 1 atom stereocenters. The van der Waals surface area contributed by atoms with Gasteiger partial charge in [-0.1, -0.05) is 43.0 Å². The molecule has 0 amide bonds. The number of rotatable bonds is 11. The van der Waals surface area contributed by atoms with Crippen LogP contribution >= 0.6 is 0 Å². The predicted octanol–water partition coefficient (Wildman–Crippen LogP) is 5.74. The Hall–Kier alpha value is -3.70. The van der Waals surface area contributed by atoms with Gasteiger partial charge in [0, 0.05) is 23.5 Å². The molecule has 0 radical (unpaired) electrons. The Kier molecular flexibility index (Phi) is 8.35. The van der Waals surface area contributed by atoms with Gasteiger partial charge < -0.3 is 14.7 Å². The summed E-state index contributed by atoms with van der Waals surface area (Å²) in [5.41, 5.74) is 3.00. The smallest absolute Gasteiger partial charge is 0.311 e. The fourth-order valence-electron chi connectivity index (χ4n) is 3.33. The van der Waals surface area contributed by atoms with E-state index in [4.69, 9.17) is 4.74 Å². The van der Waals surface area contributed by atoms with Crippen LogP contribution in [0.15, 0.2) is 97.6 Å². The van der Waals surface area contributed by atoms with Crippen LogP contribution in [0.25, 0.3) is 0 Å². The van der Waals surface area contributed by atoms with Gasteiger partial charge in [0.05, 0.1) is 0 Å². The summed E-state index contributed by atoms with van der Waals surface area (Å²) >= 11 is 0. The minimum absolute atomic E-state index is 0.219. The van der Waals surface area contributed by atoms with Crippen molar-refractivity contribution in [2.24, 2.45) is 0 Å². The summed E-state index contributed by atoms with van der Waals surface area (Å²) in [5.74, 6) is -0.264. The third-order valence-corrected chi connectivity index (χ3v) is 4.99. The molecule has 0 spiro atoms. The molecule has 3 aromatic carbocycles. The van der Waals surface area contributed by atoms with Gasteiger partial charge >= 0.3 is 5.97 Å². The summed E-state index contributed by atoms with van der Waals surface area (Å²) in [4.78, 5) is 25.5. The van der Waals surface area contributed by atoms with E-state index in [1.54, 1.807) is 12.1 Å². The summed E-state index contributed by atoms with van der Waals surface area (Å²) in [6, 6.07) is 27.5. The van der Waals surface area contributed by atoms with Crippen LogP contribution in [0.3, 0.4) is 0 Å². The van der Waals surface area contributed by atoms with E-state index in [0.717, 1.165) is 23.1 Å². The van der Waals surface area contributed by atoms with Gasteiger partial charge in [-0.2, -0.15) is 0 Å². The largest absolute Gasteiger partial charge is 0.427 e. The molecule has 0 bridgehead atoms. The van der Waals surface area contributed by atoms with E-state index in [-0.39, 0.29) is 12.4 Å². The molecular formula is C27H27NO4. The zero-order valence-corrected chi connectivity index (χ0v) is 17.9. The average Bonchev–Trinajstić information content (AvgIpc) is 2.84. The van der Waals surface area contributed by atoms with Crippen molar-refractivity contribution in [2.45, 2.75) is 31.8 Å². The fourth-order valence-corrected chi connectivity index (χ4v) is 3.33. The predicted molar refractivity (Wildman–Crippen MR) is 126 cm³/mol. The second-order valence-corrected chi connectivity index (χ2v) is 7.34. The lowest BCUT2D eigenvalue weighted by Gasteiger charge is -2.25. The molecule has 5 heteroatoms. The Balaban J connectivity index is 1.60. The number of unbranched alkanes of at least 4 members (excludes halogenated alkanes) is 1. The molecule has 0 aromatic heterocycles. The van der Waals surface area contributed by atoms with Crippen molar-refractivity contribution in [1.29, 1.82) is 0 Å². The second-order valence-electron chi connectivity index (χ2n) is 7.34. The van der Waals surface area contributed by atoms with Crippen LogP contribution in [0.2, 0.25) is 0 Å². The normalized spacial score (nSPS) is 11.4. The summed E-state index contributed by atoms with van der Waals surface area (Å²) in [6.45, 7) is 3.35. The van der Waals surface area contributed by atoms with Crippen LogP contribution in [0.5, 0.6) is 5.75 Å². The Bertz CT molecular complexity index is 977. The maximum atomic E-state index is 12.1. The molecule has 1 unspecified atom stereocenters. The standard InChI is InChI=1S/C27H27NO4/c1-2-25(29)26(30)15-9-10-16-27(31)32-24-19-17-23(18-20-24)28(21-11-5-3-6-12-21)22-13-7-4-8-14-22/h2-8,11-14,17-20,26,30H,1,9-10,15-16H2. The number of carbonyl (C=O) groups is 2. The number of carbonyl (C=O) groups excluding carboxylic acids is 2. The number of ether oxygens (including phenoxy) is 1. The van der Waals surface area contributed by atoms with Crippen molar-refractivity contribution in [3.8, 4) is 5.75 Å². The molecule has 0 aliphatic rings. The molecule has 5 nitrogen and oxygen atoms in total. The Labute approximate surface area is 188 Å². The van der Waals surface area contributed by atoms with Gasteiger partial charge in [0.1, 0.15) is 11.9 Å². The molecule has 0 aliphatic heterocycles. The SMILES string of the molecule is C=CC(=O)C(O)CCCCC(=O)Oc1ccc(N(c2ccccc2)c2ccccc2)cc1. The van der Waals surface area contributed by atoms with Gasteiger partial charge in [-0.25, -0.2) is 0 Å². The number of aliphatic hydroxyl groups excluding tert-OH is 1. The highest BCUT2D eigenvalue weighted by atomic mass is 16.5. The number of para-hydroxylation sites is 2. The summed E-state index contributed by atoms with van der Waals surface area (Å²) < 4.78 is 5.43. The molecule has 3 aromatic rings. The van der Waals surface area contributed by atoms with E-state index in [2.05, 4.69) is 11.5 Å². The number of hydrogen-bond acceptors (Lipinski definition) is 5. The highest BCUT2D eigenvalue weighted by molar-refractivity contribution is 5.92. The van der Waals surface area contributed by atoms with Crippen molar-refractivity contribution in [3.05, 3.63) is 97.6 Å². The van der Waals surface area contributed by atoms with Crippen LogP contribution in [0.1, 0.15) is 25.7 Å². The molecule has 1 N–H and O–H groups in total. The van der Waals surface area contributed by atoms with E-state index in [9.17, 15) is 14.7 Å². The molecule has 3 rings (SSSR count). The van der Waals surface area contributed by atoms with Crippen molar-refractivity contribution in [1.82, 2.24) is 0 Å². The number of benzene rings is 3. The Morgan fingerprint density at radius 1 is 0.844 bits per heavy atom. The monoisotopic (exact) mass is 429 g/mol. The maximum Gasteiger partial charge on any atom is 0.311 e. The van der Waals surface area contributed by atoms with Gasteiger partial charge in [-0.15, -0.1) is 0 Å². The van der Waals surface area contributed by atoms with E-state index in [1.165, 1.54) is 0 Å². The van der Waals surface area contributed by atoms with Crippen molar-refractivity contribution >= 4 is 28.8 Å². The molecule has 0 saturated carbocycles. The molecule has 0 saturated heterocycles. The van der Waals surface area contributed by atoms with Crippen LogP contribution in [-0.2, 0) is 9.59 Å². The Morgan fingerprint density at radius 3 is 1.91 bits per heavy atom. The summed E-state index contributed by atoms with van der Waals surface area (Å²) in [6.07, 6.45) is 1.68. The topological polar surface area (TPSA) is 66.8 Å². The first-order chi connectivity index (χ1) is 15.6. The van der Waals surface area contributed by atoms with E-state index < -0.39 is 11.9 Å². The molecule has 0 fully saturated rings. The van der Waals surface area contributed by atoms with E-state index in [1.807, 2.05) is 72.8 Å². The van der Waals surface area contributed by atoms with Gasteiger partial charge in [0.2, 0.25) is 0 Å². The lowest BCUT2D eigenvalue weighted by Crippen LogP contribution is -2.17. The summed E-state index contributed by atoms with van der Waals surface area (Å²) in [7, 11) is 0. The highest BCUT2D eigenvalue weighted by Gasteiger charge is 2.14. The van der Waals surface area contributed by atoms with Crippen LogP contribution in [0, 0.1) is 0 Å². The number of ketones is 1. The maximum absolute atomic E-state index is 12.1. The lowest BCUT2D eigenvalue weighted by molar-refractivity contribution is -0.134. The third kappa shape index (κ3) is 6.40. The van der Waals surface area contributed by atoms with Gasteiger partial charge in [-0.3, -0.25) is 9.59 Å². The first kappa shape index (κ1) is 23.0. The van der Waals surface area contributed by atoms with Crippen LogP contribution in [-0.4, -0.2) is 23.0 Å². The first-order valence-corrected chi connectivity index (χ1v) is 10.6. The first-order valence-electron chi connectivity index (χ1n) is 10.6. The Morgan fingerprint density at radius 2 is 1.38 bits per heavy atom. The van der Waals surface area contributed by atoms with Crippen LogP contribution < -0.4 is 9.64 Å². The highest BCUT2D eigenvalue weighted by Crippen LogP contribution is 2.34. The van der Waals surface area contributed by atoms with Crippen molar-refractivity contribution in [3.63, 3.8) is 0 Å². The van der Waals surface area contributed by atoms with Crippen molar-refractivity contribution in [2.75, 3.05) is 4.90 Å². The molecular weight excluding hydrogens is 402 g/mol.